The number of nitrogens with zero attached hydrogens (tertiary/aromatic N) is 2. The topological polar surface area (TPSA) is 48.4 Å². The summed E-state index contributed by atoms with van der Waals surface area (Å²) >= 11 is 0. The zero-order valence-electron chi connectivity index (χ0n) is 15.4. The Morgan fingerprint density at radius 1 is 1.20 bits per heavy atom. The Morgan fingerprint density at radius 3 is 2.76 bits per heavy atom. The number of nitrogens with one attached hydrogen (secondary N) is 1. The maximum atomic E-state index is 9.17. The Hall–Kier alpha value is -1.65. The number of aliphatic hydroxyl groups excluding tert-OH is 1. The average Bonchev–Trinajstić information content (AvgIpc) is 2.67. The molecule has 3 rings (SSSR count). The quantitative estimate of drug-likeness (QED) is 0.768. The van der Waals surface area contributed by atoms with Crippen molar-refractivity contribution in [2.24, 2.45) is 5.92 Å². The van der Waals surface area contributed by atoms with Gasteiger partial charge in [0.2, 0.25) is 0 Å². The highest BCUT2D eigenvalue weighted by Crippen LogP contribution is 2.26. The Kier molecular flexibility index (Phi) is 6.65. The van der Waals surface area contributed by atoms with Gasteiger partial charge in [0.15, 0.2) is 0 Å². The van der Waals surface area contributed by atoms with Crippen molar-refractivity contribution in [2.75, 3.05) is 31.1 Å². The van der Waals surface area contributed by atoms with Gasteiger partial charge in [-0.05, 0) is 50.3 Å². The number of benzene rings is 1. The third-order valence-corrected chi connectivity index (χ3v) is 5.30. The fourth-order valence-corrected chi connectivity index (χ4v) is 3.70. The maximum Gasteiger partial charge on any atom is 0.133 e. The lowest BCUT2D eigenvalue weighted by atomic mass is 10.0. The first-order valence-corrected chi connectivity index (χ1v) is 9.77. The van der Waals surface area contributed by atoms with E-state index < -0.39 is 0 Å². The summed E-state index contributed by atoms with van der Waals surface area (Å²) in [6.45, 7) is 6.48. The number of piperidine rings is 1. The van der Waals surface area contributed by atoms with E-state index in [2.05, 4.69) is 47.5 Å². The number of fused-ring (bicyclic) bond motifs is 1. The van der Waals surface area contributed by atoms with Crippen molar-refractivity contribution in [1.82, 2.24) is 10.3 Å². The minimum absolute atomic E-state index is 0.275. The molecule has 0 spiro atoms. The molecule has 2 aromatic rings. The molecule has 1 aromatic heterocycles. The Balaban J connectivity index is 1.78. The van der Waals surface area contributed by atoms with Crippen LogP contribution >= 0.6 is 0 Å². The molecular weight excluding hydrogens is 310 g/mol. The SMILES string of the molecule is CCC(CCO)CNCc1cc2ccccc2nc1N1CCCCC1. The van der Waals surface area contributed by atoms with Crippen LogP contribution in [0.25, 0.3) is 10.9 Å². The molecule has 1 saturated heterocycles. The second-order valence-corrected chi connectivity index (χ2v) is 7.13. The lowest BCUT2D eigenvalue weighted by Crippen LogP contribution is -2.32. The Labute approximate surface area is 151 Å². The highest BCUT2D eigenvalue weighted by molar-refractivity contribution is 5.81. The molecule has 136 valence electrons. The van der Waals surface area contributed by atoms with E-state index in [1.54, 1.807) is 0 Å². The molecule has 2 heterocycles. The van der Waals surface area contributed by atoms with Gasteiger partial charge in [0.25, 0.3) is 0 Å². The molecule has 0 saturated carbocycles. The van der Waals surface area contributed by atoms with Crippen LogP contribution in [0.15, 0.2) is 30.3 Å². The maximum absolute atomic E-state index is 9.17. The van der Waals surface area contributed by atoms with Crippen molar-refractivity contribution in [3.8, 4) is 0 Å². The van der Waals surface area contributed by atoms with E-state index in [0.717, 1.165) is 50.4 Å². The third-order valence-electron chi connectivity index (χ3n) is 5.30. The summed E-state index contributed by atoms with van der Waals surface area (Å²) in [4.78, 5) is 7.46. The molecule has 1 aliphatic rings. The number of aliphatic hydroxyl groups is 1. The summed E-state index contributed by atoms with van der Waals surface area (Å²) < 4.78 is 0. The molecule has 0 aliphatic carbocycles. The number of aromatic nitrogens is 1. The van der Waals surface area contributed by atoms with Gasteiger partial charge in [-0.15, -0.1) is 0 Å². The molecule has 2 N–H and O–H groups in total. The zero-order valence-corrected chi connectivity index (χ0v) is 15.4. The van der Waals surface area contributed by atoms with Gasteiger partial charge in [-0.25, -0.2) is 4.98 Å². The molecule has 1 atom stereocenters. The summed E-state index contributed by atoms with van der Waals surface area (Å²) in [5.74, 6) is 1.69. The fraction of sp³-hybridized carbons (Fsp3) is 0.571. The van der Waals surface area contributed by atoms with Crippen molar-refractivity contribution in [3.63, 3.8) is 0 Å². The molecule has 1 aromatic carbocycles. The lowest BCUT2D eigenvalue weighted by molar-refractivity contribution is 0.251. The molecule has 4 heteroatoms. The molecule has 1 fully saturated rings. The first kappa shape index (κ1) is 18.2. The molecule has 4 nitrogen and oxygen atoms in total. The van der Waals surface area contributed by atoms with Crippen molar-refractivity contribution in [2.45, 2.75) is 45.6 Å². The van der Waals surface area contributed by atoms with Crippen LogP contribution in [0.3, 0.4) is 0 Å². The number of para-hydroxylation sites is 1. The second kappa shape index (κ2) is 9.16. The van der Waals surface area contributed by atoms with E-state index in [1.807, 2.05) is 0 Å². The van der Waals surface area contributed by atoms with Gasteiger partial charge in [-0.2, -0.15) is 0 Å². The van der Waals surface area contributed by atoms with Crippen molar-refractivity contribution in [3.05, 3.63) is 35.9 Å². The van der Waals surface area contributed by atoms with Crippen LogP contribution < -0.4 is 10.2 Å². The van der Waals surface area contributed by atoms with Crippen LogP contribution in [0.2, 0.25) is 0 Å². The van der Waals surface area contributed by atoms with Gasteiger partial charge in [0, 0.05) is 37.2 Å². The smallest absolute Gasteiger partial charge is 0.133 e. The Morgan fingerprint density at radius 2 is 2.00 bits per heavy atom. The van der Waals surface area contributed by atoms with Crippen LogP contribution in [0.4, 0.5) is 5.82 Å². The monoisotopic (exact) mass is 341 g/mol. The zero-order chi connectivity index (χ0) is 17.5. The molecule has 25 heavy (non-hydrogen) atoms. The summed E-state index contributed by atoms with van der Waals surface area (Å²) in [7, 11) is 0. The van der Waals surface area contributed by atoms with Gasteiger partial charge >= 0.3 is 0 Å². The van der Waals surface area contributed by atoms with E-state index in [4.69, 9.17) is 4.98 Å². The standard InChI is InChI=1S/C21H31N3O/c1-2-17(10-13-25)15-22-16-19-14-18-8-4-5-9-20(18)23-21(19)24-11-6-3-7-12-24/h4-5,8-9,14,17,22,25H,2-3,6-7,10-13,15-16H2,1H3. The van der Waals surface area contributed by atoms with E-state index in [0.29, 0.717) is 5.92 Å². The van der Waals surface area contributed by atoms with Gasteiger partial charge in [-0.3, -0.25) is 0 Å². The second-order valence-electron chi connectivity index (χ2n) is 7.13. The summed E-state index contributed by atoms with van der Waals surface area (Å²) in [5, 5.41) is 14.0. The lowest BCUT2D eigenvalue weighted by Gasteiger charge is -2.30. The van der Waals surface area contributed by atoms with E-state index in [1.165, 1.54) is 30.2 Å². The minimum atomic E-state index is 0.275. The molecule has 0 bridgehead atoms. The highest BCUT2D eigenvalue weighted by Gasteiger charge is 2.17. The number of hydrogen-bond donors (Lipinski definition) is 2. The molecule has 1 aliphatic heterocycles. The van der Waals surface area contributed by atoms with Gasteiger partial charge in [0.05, 0.1) is 5.52 Å². The van der Waals surface area contributed by atoms with Crippen molar-refractivity contribution >= 4 is 16.7 Å². The Bertz CT molecular complexity index is 667. The highest BCUT2D eigenvalue weighted by atomic mass is 16.3. The number of rotatable bonds is 8. The van der Waals surface area contributed by atoms with Crippen LogP contribution in [-0.2, 0) is 6.54 Å². The van der Waals surface area contributed by atoms with E-state index in [9.17, 15) is 5.11 Å². The van der Waals surface area contributed by atoms with Gasteiger partial charge < -0.3 is 15.3 Å². The van der Waals surface area contributed by atoms with Crippen molar-refractivity contribution in [1.29, 1.82) is 0 Å². The predicted octanol–water partition coefficient (Wildman–Crippen LogP) is 3.72. The van der Waals surface area contributed by atoms with Crippen LogP contribution in [0, 0.1) is 5.92 Å². The number of anilines is 1. The molecular formula is C21H31N3O. The largest absolute Gasteiger partial charge is 0.396 e. The number of hydrogen-bond acceptors (Lipinski definition) is 4. The van der Waals surface area contributed by atoms with Crippen LogP contribution in [0.5, 0.6) is 0 Å². The predicted molar refractivity (Wildman–Crippen MR) is 105 cm³/mol. The number of pyridine rings is 1. The first-order chi connectivity index (χ1) is 12.3. The van der Waals surface area contributed by atoms with Gasteiger partial charge in [0.1, 0.15) is 5.82 Å². The average molecular weight is 341 g/mol. The summed E-state index contributed by atoms with van der Waals surface area (Å²) in [5.41, 5.74) is 2.37. The van der Waals surface area contributed by atoms with E-state index >= 15 is 0 Å². The fourth-order valence-electron chi connectivity index (χ4n) is 3.70. The van der Waals surface area contributed by atoms with Crippen molar-refractivity contribution < 1.29 is 5.11 Å². The molecule has 1 unspecified atom stereocenters. The van der Waals surface area contributed by atoms with Crippen LogP contribution in [-0.4, -0.2) is 36.3 Å². The normalized spacial score (nSPS) is 16.3. The minimum Gasteiger partial charge on any atom is -0.396 e. The molecule has 0 amide bonds. The summed E-state index contributed by atoms with van der Waals surface area (Å²) in [6.07, 6.45) is 5.82. The third kappa shape index (κ3) is 4.71. The van der Waals surface area contributed by atoms with Gasteiger partial charge in [-0.1, -0.05) is 31.5 Å². The first-order valence-electron chi connectivity index (χ1n) is 9.77. The van der Waals surface area contributed by atoms with E-state index in [-0.39, 0.29) is 6.61 Å². The molecule has 0 radical (unpaired) electrons. The summed E-state index contributed by atoms with van der Waals surface area (Å²) in [6, 6.07) is 10.7. The van der Waals surface area contributed by atoms with Crippen LogP contribution in [0.1, 0.15) is 44.6 Å².